The lowest BCUT2D eigenvalue weighted by atomic mass is 9.81. The molecule has 1 saturated carbocycles. The normalized spacial score (nSPS) is 14.7. The van der Waals surface area contributed by atoms with E-state index >= 15 is 0 Å². The van der Waals surface area contributed by atoms with Gasteiger partial charge in [-0.25, -0.2) is 4.79 Å². The predicted octanol–water partition coefficient (Wildman–Crippen LogP) is 3.51. The number of rotatable bonds is 52. The molecular formula is C55H97N7O17. The number of aliphatic carboxylic acids is 3. The van der Waals surface area contributed by atoms with Crippen molar-refractivity contribution in [3.05, 3.63) is 0 Å². The maximum atomic E-state index is 13.0. The number of nitrogens with one attached hydrogen (secondary N) is 7. The second-order valence-corrected chi connectivity index (χ2v) is 20.3. The molecule has 0 aromatic rings. The number of hydrogen-bond donors (Lipinski definition) is 10. The van der Waals surface area contributed by atoms with Crippen molar-refractivity contribution in [2.75, 3.05) is 92.1 Å². The van der Waals surface area contributed by atoms with Gasteiger partial charge >= 0.3 is 17.9 Å². The minimum atomic E-state index is -1.22. The van der Waals surface area contributed by atoms with Crippen LogP contribution >= 0.6 is 0 Å². The van der Waals surface area contributed by atoms with Gasteiger partial charge in [-0.1, -0.05) is 96.8 Å². The number of amides is 7. The Morgan fingerprint density at radius 3 is 1.33 bits per heavy atom. The van der Waals surface area contributed by atoms with Crippen molar-refractivity contribution in [2.45, 2.75) is 180 Å². The van der Waals surface area contributed by atoms with E-state index in [9.17, 15) is 53.1 Å². The quantitative estimate of drug-likeness (QED) is 0.0390. The van der Waals surface area contributed by atoms with Crippen molar-refractivity contribution in [1.29, 1.82) is 0 Å². The van der Waals surface area contributed by atoms with Gasteiger partial charge in [0.1, 0.15) is 19.3 Å². The van der Waals surface area contributed by atoms with Crippen molar-refractivity contribution >= 4 is 59.3 Å². The average Bonchev–Trinajstić information content (AvgIpc) is 3.41. The zero-order valence-electron chi connectivity index (χ0n) is 47.2. The Balaban J connectivity index is 1.97. The lowest BCUT2D eigenvalue weighted by molar-refractivity contribution is -0.143. The second-order valence-electron chi connectivity index (χ2n) is 20.3. The van der Waals surface area contributed by atoms with Crippen LogP contribution in [0.2, 0.25) is 0 Å². The van der Waals surface area contributed by atoms with E-state index in [2.05, 4.69) is 37.2 Å². The summed E-state index contributed by atoms with van der Waals surface area (Å²) in [5.74, 6) is -6.09. The molecule has 0 heterocycles. The first-order valence-electron chi connectivity index (χ1n) is 29.0. The highest BCUT2D eigenvalue weighted by Gasteiger charge is 2.30. The van der Waals surface area contributed by atoms with Crippen LogP contribution in [0.15, 0.2) is 0 Å². The van der Waals surface area contributed by atoms with E-state index in [0.717, 1.165) is 51.4 Å². The third-order valence-electron chi connectivity index (χ3n) is 13.3. The molecule has 24 heteroatoms. The molecule has 1 aliphatic carbocycles. The highest BCUT2D eigenvalue weighted by atomic mass is 16.5. The summed E-state index contributed by atoms with van der Waals surface area (Å²) in [6, 6.07) is -1.20. The first-order valence-corrected chi connectivity index (χ1v) is 29.0. The minimum absolute atomic E-state index is 0.00298. The molecular weight excluding hydrogens is 1030 g/mol. The zero-order valence-corrected chi connectivity index (χ0v) is 47.2. The van der Waals surface area contributed by atoms with Gasteiger partial charge in [-0.2, -0.15) is 0 Å². The fraction of sp³-hybridized carbons (Fsp3) is 0.818. The molecule has 1 rings (SSSR count). The van der Waals surface area contributed by atoms with Crippen molar-refractivity contribution < 1.29 is 82.2 Å². The average molecular weight is 1130 g/mol. The second kappa shape index (κ2) is 48.4. The van der Waals surface area contributed by atoms with E-state index < -0.39 is 41.7 Å². The van der Waals surface area contributed by atoms with Gasteiger partial charge < -0.3 is 71.5 Å². The van der Waals surface area contributed by atoms with Crippen LogP contribution in [0.3, 0.4) is 0 Å². The number of carboxylic acids is 3. The summed E-state index contributed by atoms with van der Waals surface area (Å²) in [6.07, 6.45) is 21.8. The molecule has 1 aliphatic rings. The smallest absolute Gasteiger partial charge is 0.326 e. The molecule has 7 amide bonds. The van der Waals surface area contributed by atoms with E-state index in [-0.39, 0.29) is 159 Å². The number of unbranched alkanes of at least 4 members (excludes halogenated alkanes) is 15. The van der Waals surface area contributed by atoms with Gasteiger partial charge in [0.15, 0.2) is 0 Å². The third kappa shape index (κ3) is 44.0. The fourth-order valence-electron chi connectivity index (χ4n) is 8.56. The molecule has 2 unspecified atom stereocenters. The molecule has 0 radical (unpaired) electrons. The Morgan fingerprint density at radius 2 is 0.835 bits per heavy atom. The van der Waals surface area contributed by atoms with Gasteiger partial charge in [0, 0.05) is 77.3 Å². The molecule has 24 nitrogen and oxygen atoms in total. The van der Waals surface area contributed by atoms with Crippen LogP contribution in [-0.2, 0) is 66.9 Å². The van der Waals surface area contributed by atoms with Crippen molar-refractivity contribution in [2.24, 2.45) is 17.8 Å². The molecule has 0 spiro atoms. The number of carbonyl (C=O) groups excluding carboxylic acids is 7. The van der Waals surface area contributed by atoms with Crippen molar-refractivity contribution in [1.82, 2.24) is 37.2 Å². The van der Waals surface area contributed by atoms with Gasteiger partial charge in [-0.3, -0.25) is 43.2 Å². The maximum absolute atomic E-state index is 13.0. The van der Waals surface area contributed by atoms with Gasteiger partial charge in [-0.05, 0) is 50.9 Å². The molecule has 0 bridgehead atoms. The number of hydrogen-bond acceptors (Lipinski definition) is 14. The molecule has 10 N–H and O–H groups in total. The molecule has 0 aliphatic heterocycles. The highest BCUT2D eigenvalue weighted by Crippen LogP contribution is 2.29. The summed E-state index contributed by atoms with van der Waals surface area (Å²) in [6.45, 7) is 3.32. The highest BCUT2D eigenvalue weighted by molar-refractivity contribution is 5.86. The molecule has 79 heavy (non-hydrogen) atoms. The van der Waals surface area contributed by atoms with Gasteiger partial charge in [0.25, 0.3) is 0 Å². The number of carbonyl (C=O) groups is 10. The lowest BCUT2D eigenvalue weighted by Crippen LogP contribution is -2.45. The topological polar surface area (TPSA) is 353 Å². The largest absolute Gasteiger partial charge is 0.481 e. The Labute approximate surface area is 467 Å². The molecule has 1 fully saturated rings. The zero-order chi connectivity index (χ0) is 58.1. The number of ether oxygens (including phenoxy) is 4. The van der Waals surface area contributed by atoms with Crippen LogP contribution in [0, 0.1) is 17.8 Å². The van der Waals surface area contributed by atoms with Crippen molar-refractivity contribution in [3.8, 4) is 0 Å². The minimum Gasteiger partial charge on any atom is -0.481 e. The van der Waals surface area contributed by atoms with Crippen LogP contribution in [0.25, 0.3) is 0 Å². The van der Waals surface area contributed by atoms with Crippen LogP contribution in [0.4, 0.5) is 0 Å². The number of carboxylic acid groups (broad SMARTS) is 3. The van der Waals surface area contributed by atoms with E-state index in [0.29, 0.717) is 25.8 Å². The monoisotopic (exact) mass is 1130 g/mol. The SMILES string of the molecule is CC(CC(=O)NCCC(=O)NCCNC(=O)COCCOCCNC(=O)COCCOCCNC(=O)CCC(NC(=O)C1CCC(CNC(=O)CCCCCCCCCCCCCCCCCCC(=O)O)CC1)C(=O)O)C(=O)O. The summed E-state index contributed by atoms with van der Waals surface area (Å²) in [5.41, 5.74) is 0. The summed E-state index contributed by atoms with van der Waals surface area (Å²) in [7, 11) is 0. The van der Waals surface area contributed by atoms with Gasteiger partial charge in [-0.15, -0.1) is 0 Å². The lowest BCUT2D eigenvalue weighted by Gasteiger charge is -2.28. The maximum Gasteiger partial charge on any atom is 0.326 e. The fourth-order valence-corrected chi connectivity index (χ4v) is 8.56. The van der Waals surface area contributed by atoms with E-state index in [1.54, 1.807) is 0 Å². The van der Waals surface area contributed by atoms with Gasteiger partial charge in [0.2, 0.25) is 41.4 Å². The molecule has 0 aromatic heterocycles. The summed E-state index contributed by atoms with van der Waals surface area (Å²) >= 11 is 0. The Kier molecular flexibility index (Phi) is 43.9. The third-order valence-corrected chi connectivity index (χ3v) is 13.3. The first-order chi connectivity index (χ1) is 38.1. The van der Waals surface area contributed by atoms with E-state index in [1.807, 2.05) is 0 Å². The Bertz CT molecular complexity index is 1750. The summed E-state index contributed by atoms with van der Waals surface area (Å²) in [4.78, 5) is 119. The van der Waals surface area contributed by atoms with Crippen LogP contribution in [-0.4, -0.2) is 173 Å². The summed E-state index contributed by atoms with van der Waals surface area (Å²) in [5, 5.41) is 45.9. The van der Waals surface area contributed by atoms with Crippen LogP contribution < -0.4 is 37.2 Å². The first kappa shape index (κ1) is 71.6. The molecule has 0 aromatic carbocycles. The predicted molar refractivity (Wildman–Crippen MR) is 292 cm³/mol. The van der Waals surface area contributed by atoms with E-state index in [1.165, 1.54) is 71.1 Å². The summed E-state index contributed by atoms with van der Waals surface area (Å²) < 4.78 is 21.3. The Hall–Kier alpha value is -5.46. The van der Waals surface area contributed by atoms with Crippen molar-refractivity contribution in [3.63, 3.8) is 0 Å². The molecule has 454 valence electrons. The standard InChI is InChI=1S/C55H97N7O17/c1-42(54(72)73)38-49(66)56-27-26-48(65)57-28-29-58-50(67)40-78-36-35-77-33-31-60-51(68)41-79-37-34-76-32-30-59-47(64)25-24-45(55(74)75)62-53(71)44-22-20-43(21-23-44)39-61-46(63)18-16-14-12-10-8-6-4-2-3-5-7-9-11-13-15-17-19-52(69)70/h42-45H,2-41H2,1H3,(H,56,66)(H,57,65)(H,58,67)(H,59,64)(H,60,68)(H,61,63)(H,62,71)(H,69,70)(H,72,73)(H,74,75). The van der Waals surface area contributed by atoms with Gasteiger partial charge in [0.05, 0.1) is 45.6 Å². The molecule has 2 atom stereocenters. The van der Waals surface area contributed by atoms with E-state index in [4.69, 9.17) is 29.2 Å². The van der Waals surface area contributed by atoms with Crippen LogP contribution in [0.5, 0.6) is 0 Å². The Morgan fingerprint density at radius 1 is 0.418 bits per heavy atom. The van der Waals surface area contributed by atoms with Crippen LogP contribution in [0.1, 0.15) is 174 Å². The molecule has 0 saturated heterocycles.